The maximum atomic E-state index is 12.6. The third-order valence-corrected chi connectivity index (χ3v) is 2.17. The molecule has 0 heterocycles. The Bertz CT molecular complexity index is 360. The second-order valence-corrected chi connectivity index (χ2v) is 3.40. The lowest BCUT2D eigenvalue weighted by Gasteiger charge is -2.12. The summed E-state index contributed by atoms with van der Waals surface area (Å²) in [5, 5.41) is 2.84. The molecule has 0 amide bonds. The second kappa shape index (κ2) is 5.92. The van der Waals surface area contributed by atoms with Gasteiger partial charge in [0.25, 0.3) is 0 Å². The third-order valence-electron chi connectivity index (χ3n) is 1.99. The molecule has 0 aliphatic rings. The van der Waals surface area contributed by atoms with Gasteiger partial charge in [-0.15, -0.1) is 0 Å². The fraction of sp³-hybridized carbons (Fsp3) is 0.273. The van der Waals surface area contributed by atoms with Gasteiger partial charge in [-0.25, -0.2) is 0 Å². The molecule has 1 nitrogen and oxygen atoms in total. The van der Waals surface area contributed by atoms with Crippen molar-refractivity contribution < 1.29 is 13.2 Å². The highest BCUT2D eigenvalue weighted by Gasteiger charge is 2.32. The molecule has 1 aromatic rings. The van der Waals surface area contributed by atoms with Crippen LogP contribution in [0.15, 0.2) is 35.9 Å². The molecule has 0 aliphatic carbocycles. The Hall–Kier alpha value is -1.00. The summed E-state index contributed by atoms with van der Waals surface area (Å²) >= 11 is 5.29. The Morgan fingerprint density at radius 3 is 2.56 bits per heavy atom. The minimum atomic E-state index is -4.30. The summed E-state index contributed by atoms with van der Waals surface area (Å²) < 4.78 is 37.7. The molecule has 0 spiro atoms. The second-order valence-electron chi connectivity index (χ2n) is 3.15. The van der Waals surface area contributed by atoms with Crippen molar-refractivity contribution in [2.45, 2.75) is 12.7 Å². The first kappa shape index (κ1) is 13.1. The Kier molecular flexibility index (Phi) is 4.83. The predicted octanol–water partition coefficient (Wildman–Crippen LogP) is 3.55. The van der Waals surface area contributed by atoms with Crippen molar-refractivity contribution in [1.82, 2.24) is 5.32 Å². The van der Waals surface area contributed by atoms with E-state index in [9.17, 15) is 13.2 Å². The van der Waals surface area contributed by atoms with E-state index in [1.54, 1.807) is 12.1 Å². The van der Waals surface area contributed by atoms with Gasteiger partial charge in [0.2, 0.25) is 0 Å². The Labute approximate surface area is 96.9 Å². The van der Waals surface area contributed by atoms with E-state index in [0.717, 1.165) is 6.07 Å². The van der Waals surface area contributed by atoms with Crippen LogP contribution in [0.1, 0.15) is 11.1 Å². The summed E-state index contributed by atoms with van der Waals surface area (Å²) in [5.41, 5.74) is 0.957. The highest BCUT2D eigenvalue weighted by molar-refractivity contribution is 6.25. The van der Waals surface area contributed by atoms with Gasteiger partial charge in [-0.05, 0) is 11.6 Å². The van der Waals surface area contributed by atoms with E-state index in [2.05, 4.69) is 5.32 Å². The molecular formula is C11H11ClF3N. The standard InChI is InChI=1S/C11H11ClF3N/c12-6-3-7-16-8-9-4-1-2-5-10(9)11(13,14)15/h1-6,16H,7-8H2/b6-3+. The summed E-state index contributed by atoms with van der Waals surface area (Å²) in [5.74, 6) is 0. The molecule has 0 bridgehead atoms. The van der Waals surface area contributed by atoms with Crippen molar-refractivity contribution in [3.63, 3.8) is 0 Å². The van der Waals surface area contributed by atoms with E-state index in [0.29, 0.717) is 6.54 Å². The van der Waals surface area contributed by atoms with Crippen LogP contribution in [0.25, 0.3) is 0 Å². The number of hydrogen-bond donors (Lipinski definition) is 1. The molecule has 5 heteroatoms. The lowest BCUT2D eigenvalue weighted by atomic mass is 10.1. The summed E-state index contributed by atoms with van der Waals surface area (Å²) in [4.78, 5) is 0. The zero-order chi connectivity index (χ0) is 12.0. The number of alkyl halides is 3. The molecule has 1 N–H and O–H groups in total. The van der Waals surface area contributed by atoms with Crippen LogP contribution in [0.2, 0.25) is 0 Å². The highest BCUT2D eigenvalue weighted by Crippen LogP contribution is 2.31. The smallest absolute Gasteiger partial charge is 0.309 e. The molecule has 0 aliphatic heterocycles. The quantitative estimate of drug-likeness (QED) is 0.805. The summed E-state index contributed by atoms with van der Waals surface area (Å²) in [7, 11) is 0. The van der Waals surface area contributed by atoms with Crippen LogP contribution < -0.4 is 5.32 Å². The topological polar surface area (TPSA) is 12.0 Å². The Morgan fingerprint density at radius 1 is 1.25 bits per heavy atom. The number of benzene rings is 1. The maximum absolute atomic E-state index is 12.6. The monoisotopic (exact) mass is 249 g/mol. The van der Waals surface area contributed by atoms with Crippen molar-refractivity contribution >= 4 is 11.6 Å². The lowest BCUT2D eigenvalue weighted by molar-refractivity contribution is -0.138. The number of rotatable bonds is 4. The molecule has 0 fully saturated rings. The highest BCUT2D eigenvalue weighted by atomic mass is 35.5. The normalized spacial score (nSPS) is 12.2. The Balaban J connectivity index is 2.72. The van der Waals surface area contributed by atoms with E-state index in [1.807, 2.05) is 0 Å². The first-order valence-electron chi connectivity index (χ1n) is 4.66. The van der Waals surface area contributed by atoms with E-state index in [1.165, 1.54) is 17.7 Å². The van der Waals surface area contributed by atoms with E-state index >= 15 is 0 Å². The van der Waals surface area contributed by atoms with Crippen LogP contribution >= 0.6 is 11.6 Å². The van der Waals surface area contributed by atoms with Gasteiger partial charge in [-0.1, -0.05) is 35.9 Å². The van der Waals surface area contributed by atoms with Crippen LogP contribution in [-0.4, -0.2) is 6.54 Å². The average molecular weight is 250 g/mol. The number of halogens is 4. The van der Waals surface area contributed by atoms with Gasteiger partial charge >= 0.3 is 6.18 Å². The third kappa shape index (κ3) is 3.87. The molecule has 1 rings (SSSR count). The molecule has 0 saturated heterocycles. The number of nitrogens with one attached hydrogen (secondary N) is 1. The fourth-order valence-corrected chi connectivity index (χ4v) is 1.37. The first-order valence-corrected chi connectivity index (χ1v) is 5.10. The molecule has 1 aromatic carbocycles. The summed E-state index contributed by atoms with van der Waals surface area (Å²) in [6, 6.07) is 5.50. The molecule has 0 unspecified atom stereocenters. The molecule has 0 atom stereocenters. The van der Waals surface area contributed by atoms with Crippen molar-refractivity contribution in [3.8, 4) is 0 Å². The Morgan fingerprint density at radius 2 is 1.94 bits per heavy atom. The first-order chi connectivity index (χ1) is 7.55. The minimum absolute atomic E-state index is 0.164. The van der Waals surface area contributed by atoms with E-state index in [4.69, 9.17) is 11.6 Å². The fourth-order valence-electron chi connectivity index (χ4n) is 1.29. The van der Waals surface area contributed by atoms with Crippen molar-refractivity contribution in [3.05, 3.63) is 47.0 Å². The molecular weight excluding hydrogens is 239 g/mol. The van der Waals surface area contributed by atoms with Gasteiger partial charge in [0.15, 0.2) is 0 Å². The van der Waals surface area contributed by atoms with E-state index in [-0.39, 0.29) is 12.1 Å². The van der Waals surface area contributed by atoms with Crippen LogP contribution in [0.5, 0.6) is 0 Å². The van der Waals surface area contributed by atoms with Crippen LogP contribution in [0.3, 0.4) is 0 Å². The van der Waals surface area contributed by atoms with Gasteiger partial charge in [-0.2, -0.15) is 13.2 Å². The molecule has 0 radical (unpaired) electrons. The zero-order valence-electron chi connectivity index (χ0n) is 8.39. The number of hydrogen-bond acceptors (Lipinski definition) is 1. The SMILES string of the molecule is FC(F)(F)c1ccccc1CNC/C=C/Cl. The van der Waals surface area contributed by atoms with Gasteiger partial charge in [-0.3, -0.25) is 0 Å². The maximum Gasteiger partial charge on any atom is 0.416 e. The lowest BCUT2D eigenvalue weighted by Crippen LogP contribution is -2.17. The minimum Gasteiger partial charge on any atom is -0.309 e. The molecule has 0 saturated carbocycles. The largest absolute Gasteiger partial charge is 0.416 e. The van der Waals surface area contributed by atoms with Crippen molar-refractivity contribution in [2.24, 2.45) is 0 Å². The van der Waals surface area contributed by atoms with Gasteiger partial charge in [0.1, 0.15) is 0 Å². The molecule has 88 valence electrons. The van der Waals surface area contributed by atoms with Gasteiger partial charge < -0.3 is 5.32 Å². The van der Waals surface area contributed by atoms with Crippen molar-refractivity contribution in [1.29, 1.82) is 0 Å². The average Bonchev–Trinajstić information content (AvgIpc) is 2.24. The molecule has 16 heavy (non-hydrogen) atoms. The summed E-state index contributed by atoms with van der Waals surface area (Å²) in [6.07, 6.45) is -2.68. The van der Waals surface area contributed by atoms with Crippen LogP contribution in [-0.2, 0) is 12.7 Å². The molecule has 0 aromatic heterocycles. The summed E-state index contributed by atoms with van der Waals surface area (Å²) in [6.45, 7) is 0.604. The van der Waals surface area contributed by atoms with Crippen LogP contribution in [0, 0.1) is 0 Å². The van der Waals surface area contributed by atoms with Crippen molar-refractivity contribution in [2.75, 3.05) is 6.54 Å². The van der Waals surface area contributed by atoms with E-state index < -0.39 is 11.7 Å². The predicted molar refractivity (Wildman–Crippen MR) is 58.1 cm³/mol. The van der Waals surface area contributed by atoms with Gasteiger partial charge in [0, 0.05) is 18.6 Å². The van der Waals surface area contributed by atoms with Gasteiger partial charge in [0.05, 0.1) is 5.56 Å². The zero-order valence-corrected chi connectivity index (χ0v) is 9.15. The van der Waals surface area contributed by atoms with Crippen LogP contribution in [0.4, 0.5) is 13.2 Å².